The van der Waals surface area contributed by atoms with E-state index in [0.29, 0.717) is 5.57 Å². The molecule has 0 aliphatic carbocycles. The summed E-state index contributed by atoms with van der Waals surface area (Å²) >= 11 is 1.63. The first kappa shape index (κ1) is 12.0. The Kier molecular flexibility index (Phi) is 7.04. The van der Waals surface area contributed by atoms with Gasteiger partial charge >= 0.3 is 0 Å². The van der Waals surface area contributed by atoms with Crippen LogP contribution in [0.3, 0.4) is 0 Å². The SMILES string of the molecule is C=C/C(=C\C(C#N)=C/CF)CSC. The molecule has 3 heteroatoms. The lowest BCUT2D eigenvalue weighted by Gasteiger charge is -1.97. The molecular weight excluding hydrogens is 185 g/mol. The molecular formula is C10H12FNS. The number of halogens is 1. The standard InChI is InChI=1S/C10H12FNS/c1-3-9(8-13-2)6-10(7-12)4-5-11/h3-4,6H,1,5,8H2,2H3/b9-6+,10-4+. The molecule has 0 spiro atoms. The fourth-order valence-corrected chi connectivity index (χ4v) is 1.28. The lowest BCUT2D eigenvalue weighted by Crippen LogP contribution is -1.84. The van der Waals surface area contributed by atoms with Crippen LogP contribution in [0.5, 0.6) is 0 Å². The summed E-state index contributed by atoms with van der Waals surface area (Å²) in [5.74, 6) is 0.787. The first-order valence-corrected chi connectivity index (χ1v) is 5.16. The lowest BCUT2D eigenvalue weighted by atomic mass is 10.2. The van der Waals surface area contributed by atoms with Crippen LogP contribution in [0.1, 0.15) is 0 Å². The van der Waals surface area contributed by atoms with E-state index < -0.39 is 6.67 Å². The molecule has 0 N–H and O–H groups in total. The van der Waals surface area contributed by atoms with Crippen LogP contribution in [0, 0.1) is 11.3 Å². The van der Waals surface area contributed by atoms with Gasteiger partial charge in [0.05, 0.1) is 11.6 Å². The average molecular weight is 197 g/mol. The molecule has 0 fully saturated rings. The Morgan fingerprint density at radius 2 is 2.38 bits per heavy atom. The first-order chi connectivity index (χ1) is 6.28. The molecule has 0 rings (SSSR count). The summed E-state index contributed by atoms with van der Waals surface area (Å²) in [6.07, 6.45) is 6.55. The van der Waals surface area contributed by atoms with Crippen LogP contribution >= 0.6 is 11.8 Å². The molecule has 0 aromatic heterocycles. The van der Waals surface area contributed by atoms with Crippen molar-refractivity contribution in [1.82, 2.24) is 0 Å². The third-order valence-electron chi connectivity index (χ3n) is 1.34. The third kappa shape index (κ3) is 5.26. The highest BCUT2D eigenvalue weighted by Crippen LogP contribution is 2.08. The third-order valence-corrected chi connectivity index (χ3v) is 1.96. The van der Waals surface area contributed by atoms with Gasteiger partial charge in [-0.25, -0.2) is 4.39 Å². The second-order valence-corrected chi connectivity index (χ2v) is 3.15. The quantitative estimate of drug-likeness (QED) is 0.500. The van der Waals surface area contributed by atoms with Crippen molar-refractivity contribution < 1.29 is 4.39 Å². The molecule has 0 amide bonds. The van der Waals surface area contributed by atoms with E-state index in [1.54, 1.807) is 23.9 Å². The Labute approximate surface area is 82.6 Å². The van der Waals surface area contributed by atoms with Gasteiger partial charge in [-0.1, -0.05) is 12.7 Å². The van der Waals surface area contributed by atoms with E-state index in [4.69, 9.17) is 5.26 Å². The van der Waals surface area contributed by atoms with Crippen molar-refractivity contribution in [2.75, 3.05) is 18.7 Å². The van der Waals surface area contributed by atoms with E-state index in [1.165, 1.54) is 6.08 Å². The predicted octanol–water partition coefficient (Wildman–Crippen LogP) is 2.88. The normalized spacial score (nSPS) is 12.4. The lowest BCUT2D eigenvalue weighted by molar-refractivity contribution is 0.561. The van der Waals surface area contributed by atoms with Crippen molar-refractivity contribution in [3.8, 4) is 6.07 Å². The fraction of sp³-hybridized carbons (Fsp3) is 0.300. The van der Waals surface area contributed by atoms with Crippen LogP contribution in [0.25, 0.3) is 0 Å². The van der Waals surface area contributed by atoms with Gasteiger partial charge in [0, 0.05) is 5.75 Å². The fourth-order valence-electron chi connectivity index (χ4n) is 0.746. The van der Waals surface area contributed by atoms with E-state index in [0.717, 1.165) is 11.3 Å². The molecule has 70 valence electrons. The molecule has 0 radical (unpaired) electrons. The van der Waals surface area contributed by atoms with Gasteiger partial charge in [0.1, 0.15) is 6.67 Å². The van der Waals surface area contributed by atoms with Crippen LogP contribution in [0.4, 0.5) is 4.39 Å². The number of nitrogens with zero attached hydrogens (tertiary/aromatic N) is 1. The summed E-state index contributed by atoms with van der Waals surface area (Å²) in [4.78, 5) is 0. The number of hydrogen-bond donors (Lipinski definition) is 0. The summed E-state index contributed by atoms with van der Waals surface area (Å²) in [7, 11) is 0. The summed E-state index contributed by atoms with van der Waals surface area (Å²) in [5.41, 5.74) is 1.29. The van der Waals surface area contributed by atoms with Gasteiger partial charge in [-0.05, 0) is 24.0 Å². The van der Waals surface area contributed by atoms with Crippen LogP contribution in [-0.2, 0) is 0 Å². The molecule has 0 heterocycles. The highest BCUT2D eigenvalue weighted by atomic mass is 32.2. The van der Waals surface area contributed by atoms with Gasteiger partial charge in [-0.2, -0.15) is 17.0 Å². The zero-order valence-electron chi connectivity index (χ0n) is 7.59. The molecule has 0 unspecified atom stereocenters. The Morgan fingerprint density at radius 3 is 2.77 bits per heavy atom. The van der Waals surface area contributed by atoms with E-state index in [1.807, 2.05) is 12.3 Å². The molecule has 0 aliphatic heterocycles. The van der Waals surface area contributed by atoms with Crippen molar-refractivity contribution in [2.45, 2.75) is 0 Å². The van der Waals surface area contributed by atoms with Crippen LogP contribution < -0.4 is 0 Å². The number of rotatable bonds is 5. The van der Waals surface area contributed by atoms with E-state index >= 15 is 0 Å². The molecule has 0 aromatic rings. The van der Waals surface area contributed by atoms with E-state index in [9.17, 15) is 4.39 Å². The maximum absolute atomic E-state index is 11.9. The van der Waals surface area contributed by atoms with Gasteiger partial charge in [0.15, 0.2) is 0 Å². The summed E-state index contributed by atoms with van der Waals surface area (Å²) in [6, 6.07) is 1.91. The summed E-state index contributed by atoms with van der Waals surface area (Å²) in [6.45, 7) is 3.01. The molecule has 0 aliphatic rings. The highest BCUT2D eigenvalue weighted by Gasteiger charge is 1.94. The minimum absolute atomic E-state index is 0.353. The van der Waals surface area contributed by atoms with Gasteiger partial charge in [0.2, 0.25) is 0 Å². The number of thioether (sulfide) groups is 1. The van der Waals surface area contributed by atoms with Crippen molar-refractivity contribution in [1.29, 1.82) is 5.26 Å². The van der Waals surface area contributed by atoms with Crippen LogP contribution in [0.2, 0.25) is 0 Å². The molecule has 1 nitrogen and oxygen atoms in total. The molecule has 13 heavy (non-hydrogen) atoms. The zero-order chi connectivity index (χ0) is 10.1. The summed E-state index contributed by atoms with van der Waals surface area (Å²) in [5, 5.41) is 8.60. The topological polar surface area (TPSA) is 23.8 Å². The monoisotopic (exact) mass is 197 g/mol. The molecule has 0 saturated heterocycles. The minimum Gasteiger partial charge on any atom is -0.247 e. The predicted molar refractivity (Wildman–Crippen MR) is 56.3 cm³/mol. The molecule has 0 atom stereocenters. The van der Waals surface area contributed by atoms with Crippen molar-refractivity contribution in [3.63, 3.8) is 0 Å². The van der Waals surface area contributed by atoms with Crippen molar-refractivity contribution in [2.24, 2.45) is 0 Å². The zero-order valence-corrected chi connectivity index (χ0v) is 8.40. The number of allylic oxidation sites excluding steroid dienone is 4. The maximum Gasteiger partial charge on any atom is 0.109 e. The van der Waals surface area contributed by atoms with E-state index in [-0.39, 0.29) is 0 Å². The van der Waals surface area contributed by atoms with Gasteiger partial charge in [0.25, 0.3) is 0 Å². The van der Waals surface area contributed by atoms with Gasteiger partial charge in [-0.3, -0.25) is 0 Å². The first-order valence-electron chi connectivity index (χ1n) is 3.76. The number of hydrogen-bond acceptors (Lipinski definition) is 2. The highest BCUT2D eigenvalue weighted by molar-refractivity contribution is 7.98. The number of alkyl halides is 1. The second-order valence-electron chi connectivity index (χ2n) is 2.28. The van der Waals surface area contributed by atoms with Gasteiger partial charge in [-0.15, -0.1) is 0 Å². The van der Waals surface area contributed by atoms with Crippen molar-refractivity contribution >= 4 is 11.8 Å². The van der Waals surface area contributed by atoms with Gasteiger partial charge < -0.3 is 0 Å². The van der Waals surface area contributed by atoms with Crippen LogP contribution in [-0.4, -0.2) is 18.7 Å². The molecule has 0 aromatic carbocycles. The minimum atomic E-state index is -0.608. The molecule has 0 saturated carbocycles. The summed E-state index contributed by atoms with van der Waals surface area (Å²) < 4.78 is 11.9. The Morgan fingerprint density at radius 1 is 1.69 bits per heavy atom. The van der Waals surface area contributed by atoms with E-state index in [2.05, 4.69) is 6.58 Å². The van der Waals surface area contributed by atoms with Crippen LogP contribution in [0.15, 0.2) is 36.0 Å². The maximum atomic E-state index is 11.9. The average Bonchev–Trinajstić information content (AvgIpc) is 2.16. The van der Waals surface area contributed by atoms with Crippen molar-refractivity contribution in [3.05, 3.63) is 36.0 Å². The second kappa shape index (κ2) is 7.63. The number of nitriles is 1. The Hall–Kier alpha value is -1.01. The largest absolute Gasteiger partial charge is 0.247 e. The molecule has 0 bridgehead atoms. The Bertz CT molecular complexity index is 261. The smallest absolute Gasteiger partial charge is 0.109 e. The Balaban J connectivity index is 4.56.